The van der Waals surface area contributed by atoms with Crippen LogP contribution in [0.25, 0.3) is 10.1 Å². The van der Waals surface area contributed by atoms with E-state index in [2.05, 4.69) is 48.5 Å². The van der Waals surface area contributed by atoms with Gasteiger partial charge in [-0.25, -0.2) is 0 Å². The van der Waals surface area contributed by atoms with E-state index in [-0.39, 0.29) is 0 Å². The highest BCUT2D eigenvalue weighted by molar-refractivity contribution is 7.17. The molecule has 0 saturated heterocycles. The lowest BCUT2D eigenvalue weighted by Gasteiger charge is -2.27. The molecule has 0 bridgehead atoms. The van der Waals surface area contributed by atoms with Crippen LogP contribution in [0.4, 0.5) is 0 Å². The average Bonchev–Trinajstić information content (AvgIpc) is 2.94. The molecule has 19 heavy (non-hydrogen) atoms. The number of fused-ring (bicyclic) bond motifs is 1. The molecule has 3 atom stereocenters. The van der Waals surface area contributed by atoms with Crippen LogP contribution in [0.1, 0.15) is 24.9 Å². The van der Waals surface area contributed by atoms with Crippen LogP contribution in [0.5, 0.6) is 0 Å². The van der Waals surface area contributed by atoms with Gasteiger partial charge < -0.3 is 5.73 Å². The maximum atomic E-state index is 6.05. The Morgan fingerprint density at radius 2 is 2.16 bits per heavy atom. The zero-order valence-corrected chi connectivity index (χ0v) is 12.5. The minimum atomic E-state index is 0.351. The predicted molar refractivity (Wildman–Crippen MR) is 83.5 cm³/mol. The van der Waals surface area contributed by atoms with Gasteiger partial charge in [0.2, 0.25) is 0 Å². The number of likely N-dealkylation sites (N-methyl/N-ethyl adjacent to an activating group) is 1. The second-order valence-electron chi connectivity index (χ2n) is 5.85. The normalized spacial score (nSPS) is 24.0. The van der Waals surface area contributed by atoms with Crippen molar-refractivity contribution in [3.05, 3.63) is 35.2 Å². The Morgan fingerprint density at radius 1 is 1.42 bits per heavy atom. The van der Waals surface area contributed by atoms with Crippen molar-refractivity contribution in [1.82, 2.24) is 4.90 Å². The first kappa shape index (κ1) is 13.1. The molecule has 1 aromatic carbocycles. The van der Waals surface area contributed by atoms with Crippen LogP contribution in [0.3, 0.4) is 0 Å². The first-order valence-corrected chi connectivity index (χ1v) is 7.95. The highest BCUT2D eigenvalue weighted by Gasteiger charge is 2.34. The van der Waals surface area contributed by atoms with Crippen LogP contribution in [0, 0.1) is 11.8 Å². The van der Waals surface area contributed by atoms with Crippen molar-refractivity contribution in [2.45, 2.75) is 19.4 Å². The van der Waals surface area contributed by atoms with Crippen LogP contribution in [0.15, 0.2) is 29.6 Å². The van der Waals surface area contributed by atoms with Gasteiger partial charge in [0.1, 0.15) is 0 Å². The van der Waals surface area contributed by atoms with E-state index < -0.39 is 0 Å². The van der Waals surface area contributed by atoms with E-state index in [0.717, 1.165) is 11.8 Å². The summed E-state index contributed by atoms with van der Waals surface area (Å²) in [6.07, 6.45) is 1.38. The van der Waals surface area contributed by atoms with Crippen molar-refractivity contribution in [2.24, 2.45) is 17.6 Å². The lowest BCUT2D eigenvalue weighted by molar-refractivity contribution is 0.238. The highest BCUT2D eigenvalue weighted by atomic mass is 32.1. The first-order chi connectivity index (χ1) is 9.20. The predicted octanol–water partition coefficient (Wildman–Crippen LogP) is 3.49. The topological polar surface area (TPSA) is 29.3 Å². The summed E-state index contributed by atoms with van der Waals surface area (Å²) in [5.41, 5.74) is 7.45. The maximum absolute atomic E-state index is 6.05. The molecule has 0 aliphatic heterocycles. The van der Waals surface area contributed by atoms with Crippen molar-refractivity contribution < 1.29 is 0 Å². The van der Waals surface area contributed by atoms with E-state index >= 15 is 0 Å². The van der Waals surface area contributed by atoms with E-state index in [1.165, 1.54) is 28.6 Å². The van der Waals surface area contributed by atoms with E-state index in [1.807, 2.05) is 11.3 Å². The van der Waals surface area contributed by atoms with Crippen molar-refractivity contribution >= 4 is 21.4 Å². The Morgan fingerprint density at radius 3 is 2.84 bits per heavy atom. The Kier molecular flexibility index (Phi) is 3.61. The summed E-state index contributed by atoms with van der Waals surface area (Å²) in [5.74, 6) is 1.78. The van der Waals surface area contributed by atoms with E-state index in [4.69, 9.17) is 5.73 Å². The molecule has 2 aromatic rings. The summed E-state index contributed by atoms with van der Waals surface area (Å²) < 4.78 is 1.36. The number of hydrogen-bond acceptors (Lipinski definition) is 3. The van der Waals surface area contributed by atoms with Gasteiger partial charge in [-0.1, -0.05) is 25.1 Å². The van der Waals surface area contributed by atoms with Gasteiger partial charge >= 0.3 is 0 Å². The summed E-state index contributed by atoms with van der Waals surface area (Å²) in [5, 5.41) is 3.66. The monoisotopic (exact) mass is 274 g/mol. The van der Waals surface area contributed by atoms with Crippen molar-refractivity contribution in [3.63, 3.8) is 0 Å². The molecule has 1 heterocycles. The van der Waals surface area contributed by atoms with Gasteiger partial charge in [0.15, 0.2) is 0 Å². The molecule has 3 heteroatoms. The smallest absolute Gasteiger partial charge is 0.0481 e. The summed E-state index contributed by atoms with van der Waals surface area (Å²) >= 11 is 1.83. The van der Waals surface area contributed by atoms with Crippen molar-refractivity contribution in [3.8, 4) is 0 Å². The van der Waals surface area contributed by atoms with Gasteiger partial charge in [-0.3, -0.25) is 4.90 Å². The van der Waals surface area contributed by atoms with Crippen molar-refractivity contribution in [2.75, 3.05) is 20.1 Å². The molecule has 1 aliphatic carbocycles. The second-order valence-corrected chi connectivity index (χ2v) is 6.76. The molecule has 2 N–H and O–H groups in total. The molecule has 0 spiro atoms. The molecule has 0 radical (unpaired) electrons. The van der Waals surface area contributed by atoms with Gasteiger partial charge in [0.25, 0.3) is 0 Å². The zero-order chi connectivity index (χ0) is 13.4. The lowest BCUT2D eigenvalue weighted by atomic mass is 10.0. The number of rotatable bonds is 5. The molecule has 2 nitrogen and oxygen atoms in total. The van der Waals surface area contributed by atoms with Crippen LogP contribution >= 0.6 is 11.3 Å². The quantitative estimate of drug-likeness (QED) is 0.904. The third-order valence-electron chi connectivity index (χ3n) is 4.42. The molecule has 1 fully saturated rings. The number of nitrogens with zero attached hydrogens (tertiary/aromatic N) is 1. The minimum Gasteiger partial charge on any atom is -0.329 e. The number of thiophene rings is 1. The van der Waals surface area contributed by atoms with E-state index in [9.17, 15) is 0 Å². The van der Waals surface area contributed by atoms with Crippen LogP contribution in [-0.4, -0.2) is 25.0 Å². The Hall–Kier alpha value is -0.900. The summed E-state index contributed by atoms with van der Waals surface area (Å²) in [7, 11) is 2.22. The summed E-state index contributed by atoms with van der Waals surface area (Å²) in [6, 6.07) is 8.99. The van der Waals surface area contributed by atoms with Gasteiger partial charge in [-0.05, 0) is 47.7 Å². The average molecular weight is 274 g/mol. The Bertz CT molecular complexity index is 563. The fraction of sp³-hybridized carbons (Fsp3) is 0.500. The number of benzene rings is 1. The molecular formula is C16H22N2S. The van der Waals surface area contributed by atoms with Gasteiger partial charge in [0.05, 0.1) is 0 Å². The van der Waals surface area contributed by atoms with Gasteiger partial charge in [-0.2, -0.15) is 0 Å². The highest BCUT2D eigenvalue weighted by Crippen LogP contribution is 2.40. The first-order valence-electron chi connectivity index (χ1n) is 7.07. The lowest BCUT2D eigenvalue weighted by Crippen LogP contribution is -2.32. The molecule has 102 valence electrons. The molecule has 1 aliphatic rings. The van der Waals surface area contributed by atoms with Gasteiger partial charge in [-0.15, -0.1) is 11.3 Å². The fourth-order valence-electron chi connectivity index (χ4n) is 2.95. The largest absolute Gasteiger partial charge is 0.329 e. The van der Waals surface area contributed by atoms with Crippen LogP contribution in [0.2, 0.25) is 0 Å². The molecule has 3 unspecified atom stereocenters. The van der Waals surface area contributed by atoms with E-state index in [1.54, 1.807) is 0 Å². The standard InChI is InChI=1S/C16H22N2S/c1-11-7-12(11)9-18(2)15(8-17)14-10-19-16-6-4-3-5-13(14)16/h3-6,10-12,15H,7-9,17H2,1-2H3. The number of hydrogen-bond donors (Lipinski definition) is 1. The van der Waals surface area contributed by atoms with Crippen molar-refractivity contribution in [1.29, 1.82) is 0 Å². The summed E-state index contributed by atoms with van der Waals surface area (Å²) in [6.45, 7) is 4.21. The second kappa shape index (κ2) is 5.23. The fourth-order valence-corrected chi connectivity index (χ4v) is 3.96. The summed E-state index contributed by atoms with van der Waals surface area (Å²) in [4.78, 5) is 2.45. The van der Waals surface area contributed by atoms with Crippen LogP contribution < -0.4 is 5.73 Å². The molecule has 1 aromatic heterocycles. The van der Waals surface area contributed by atoms with E-state index in [0.29, 0.717) is 12.6 Å². The van der Waals surface area contributed by atoms with Crippen LogP contribution in [-0.2, 0) is 0 Å². The molecule has 1 saturated carbocycles. The molecule has 0 amide bonds. The van der Waals surface area contributed by atoms with Gasteiger partial charge in [0, 0.05) is 23.8 Å². The Labute approximate surface area is 119 Å². The molecule has 3 rings (SSSR count). The maximum Gasteiger partial charge on any atom is 0.0481 e. The third-order valence-corrected chi connectivity index (χ3v) is 5.41. The Balaban J connectivity index is 1.84. The molecular weight excluding hydrogens is 252 g/mol. The minimum absolute atomic E-state index is 0.351. The number of nitrogens with two attached hydrogens (primary N) is 1. The SMILES string of the molecule is CC1CC1CN(C)C(CN)c1csc2ccccc12. The third kappa shape index (κ3) is 2.55. The zero-order valence-electron chi connectivity index (χ0n) is 11.7.